The Bertz CT molecular complexity index is 566. The van der Waals surface area contributed by atoms with Crippen molar-refractivity contribution in [1.29, 1.82) is 0 Å². The van der Waals surface area contributed by atoms with Crippen LogP contribution in [0.4, 0.5) is 0 Å². The molecule has 0 unspecified atom stereocenters. The average molecular weight is 252 g/mol. The van der Waals surface area contributed by atoms with Crippen LogP contribution in [-0.4, -0.2) is 20.9 Å². The molecule has 2 aromatic rings. The minimum absolute atomic E-state index is 0.187. The number of nitrogens with one attached hydrogen (secondary N) is 1. The highest BCUT2D eigenvalue weighted by Gasteiger charge is 2.14. The molecule has 0 saturated carbocycles. The molecule has 88 valence electrons. The summed E-state index contributed by atoms with van der Waals surface area (Å²) in [6.07, 6.45) is 0. The zero-order chi connectivity index (χ0) is 12.4. The lowest BCUT2D eigenvalue weighted by molar-refractivity contribution is 0.0947. The SMILES string of the molecule is Cc1nn(-c2cccc(Cl)c2)nc1C(=O)NN. The first kappa shape index (κ1) is 11.6. The summed E-state index contributed by atoms with van der Waals surface area (Å²) in [6, 6.07) is 7.01. The zero-order valence-electron chi connectivity index (χ0n) is 9.01. The third-order valence-corrected chi connectivity index (χ3v) is 2.40. The fraction of sp³-hybridized carbons (Fsp3) is 0.100. The maximum Gasteiger partial charge on any atom is 0.287 e. The van der Waals surface area contributed by atoms with Crippen LogP contribution < -0.4 is 11.3 Å². The Hall–Kier alpha value is -1.92. The van der Waals surface area contributed by atoms with E-state index in [9.17, 15) is 4.79 Å². The van der Waals surface area contributed by atoms with Gasteiger partial charge in [0.15, 0.2) is 5.69 Å². The minimum Gasteiger partial charge on any atom is -0.289 e. The molecule has 0 spiro atoms. The van der Waals surface area contributed by atoms with E-state index < -0.39 is 5.91 Å². The van der Waals surface area contributed by atoms with Gasteiger partial charge in [-0.15, -0.1) is 5.10 Å². The van der Waals surface area contributed by atoms with Gasteiger partial charge in [0.1, 0.15) is 0 Å². The van der Waals surface area contributed by atoms with Crippen LogP contribution in [-0.2, 0) is 0 Å². The van der Waals surface area contributed by atoms with Gasteiger partial charge in [0, 0.05) is 5.02 Å². The fourth-order valence-corrected chi connectivity index (χ4v) is 1.56. The average Bonchev–Trinajstić information content (AvgIpc) is 2.70. The van der Waals surface area contributed by atoms with Gasteiger partial charge in [-0.1, -0.05) is 17.7 Å². The predicted molar refractivity (Wildman–Crippen MR) is 62.8 cm³/mol. The monoisotopic (exact) mass is 251 g/mol. The number of halogens is 1. The quantitative estimate of drug-likeness (QED) is 0.470. The number of aromatic nitrogens is 3. The number of nitrogens with zero attached hydrogens (tertiary/aromatic N) is 3. The van der Waals surface area contributed by atoms with Crippen LogP contribution in [0.1, 0.15) is 16.2 Å². The van der Waals surface area contributed by atoms with Crippen LogP contribution in [0.5, 0.6) is 0 Å². The Morgan fingerprint density at radius 2 is 2.24 bits per heavy atom. The Balaban J connectivity index is 2.44. The van der Waals surface area contributed by atoms with Gasteiger partial charge in [0.2, 0.25) is 0 Å². The second kappa shape index (κ2) is 4.52. The van der Waals surface area contributed by atoms with Gasteiger partial charge in [0.25, 0.3) is 5.91 Å². The van der Waals surface area contributed by atoms with E-state index in [1.54, 1.807) is 31.2 Å². The second-order valence-corrected chi connectivity index (χ2v) is 3.81. The topological polar surface area (TPSA) is 85.8 Å². The number of carbonyl (C=O) groups is 1. The van der Waals surface area contributed by atoms with Crippen LogP contribution in [0, 0.1) is 6.92 Å². The van der Waals surface area contributed by atoms with Gasteiger partial charge in [-0.3, -0.25) is 10.2 Å². The van der Waals surface area contributed by atoms with Crippen LogP contribution >= 0.6 is 11.6 Å². The number of nitrogen functional groups attached to an aromatic ring is 1. The first-order chi connectivity index (χ1) is 8.11. The number of aryl methyl sites for hydroxylation is 1. The highest BCUT2D eigenvalue weighted by atomic mass is 35.5. The summed E-state index contributed by atoms with van der Waals surface area (Å²) in [5.74, 6) is 4.57. The van der Waals surface area contributed by atoms with Crippen molar-refractivity contribution in [3.8, 4) is 5.69 Å². The van der Waals surface area contributed by atoms with E-state index in [2.05, 4.69) is 10.2 Å². The minimum atomic E-state index is -0.476. The summed E-state index contributed by atoms with van der Waals surface area (Å²) in [7, 11) is 0. The number of benzene rings is 1. The summed E-state index contributed by atoms with van der Waals surface area (Å²) in [5.41, 5.74) is 3.38. The van der Waals surface area contributed by atoms with Crippen molar-refractivity contribution in [2.75, 3.05) is 0 Å². The molecule has 0 radical (unpaired) electrons. The van der Waals surface area contributed by atoms with Crippen molar-refractivity contribution in [3.05, 3.63) is 40.7 Å². The first-order valence-electron chi connectivity index (χ1n) is 4.82. The van der Waals surface area contributed by atoms with E-state index in [0.29, 0.717) is 16.4 Å². The molecular weight excluding hydrogens is 242 g/mol. The highest BCUT2D eigenvalue weighted by molar-refractivity contribution is 6.30. The molecule has 1 heterocycles. The van der Waals surface area contributed by atoms with E-state index in [4.69, 9.17) is 17.4 Å². The number of hydrogen-bond donors (Lipinski definition) is 2. The van der Waals surface area contributed by atoms with Gasteiger partial charge in [0.05, 0.1) is 11.4 Å². The van der Waals surface area contributed by atoms with Gasteiger partial charge in [-0.2, -0.15) is 9.90 Å². The van der Waals surface area contributed by atoms with E-state index in [1.807, 2.05) is 5.43 Å². The Morgan fingerprint density at radius 3 is 2.88 bits per heavy atom. The normalized spacial score (nSPS) is 10.3. The zero-order valence-corrected chi connectivity index (χ0v) is 9.77. The third-order valence-electron chi connectivity index (χ3n) is 2.17. The maximum atomic E-state index is 11.4. The molecule has 0 bridgehead atoms. The predicted octanol–water partition coefficient (Wildman–Crippen LogP) is 0.833. The van der Waals surface area contributed by atoms with Gasteiger partial charge >= 0.3 is 0 Å². The van der Waals surface area contributed by atoms with E-state index in [-0.39, 0.29) is 5.69 Å². The number of amides is 1. The Labute approximate surface area is 102 Å². The molecule has 0 atom stereocenters. The standard InChI is InChI=1S/C10H10ClN5O/c1-6-9(10(17)13-12)15-16(14-6)8-4-2-3-7(11)5-8/h2-5H,12H2,1H3,(H,13,17). The van der Waals surface area contributed by atoms with Gasteiger partial charge in [-0.25, -0.2) is 5.84 Å². The Kier molecular flexibility index (Phi) is 3.08. The molecule has 3 N–H and O–H groups in total. The lowest BCUT2D eigenvalue weighted by atomic mass is 10.3. The molecule has 0 saturated heterocycles. The van der Waals surface area contributed by atoms with Crippen LogP contribution in [0.3, 0.4) is 0 Å². The molecule has 1 aromatic carbocycles. The van der Waals surface area contributed by atoms with E-state index >= 15 is 0 Å². The molecular formula is C10H10ClN5O. The molecule has 0 aliphatic rings. The molecule has 7 heteroatoms. The van der Waals surface area contributed by atoms with Crippen molar-refractivity contribution >= 4 is 17.5 Å². The van der Waals surface area contributed by atoms with Crippen LogP contribution in [0.15, 0.2) is 24.3 Å². The smallest absolute Gasteiger partial charge is 0.287 e. The van der Waals surface area contributed by atoms with Crippen molar-refractivity contribution in [2.24, 2.45) is 5.84 Å². The van der Waals surface area contributed by atoms with E-state index in [0.717, 1.165) is 0 Å². The highest BCUT2D eigenvalue weighted by Crippen LogP contribution is 2.14. The Morgan fingerprint density at radius 1 is 1.47 bits per heavy atom. The van der Waals surface area contributed by atoms with Gasteiger partial charge in [-0.05, 0) is 25.1 Å². The van der Waals surface area contributed by atoms with Crippen molar-refractivity contribution < 1.29 is 4.79 Å². The molecule has 17 heavy (non-hydrogen) atoms. The number of hydrogen-bond acceptors (Lipinski definition) is 4. The molecule has 1 aromatic heterocycles. The summed E-state index contributed by atoms with van der Waals surface area (Å²) in [6.45, 7) is 1.68. The largest absolute Gasteiger partial charge is 0.289 e. The maximum absolute atomic E-state index is 11.4. The van der Waals surface area contributed by atoms with Crippen molar-refractivity contribution in [2.45, 2.75) is 6.92 Å². The fourth-order valence-electron chi connectivity index (χ4n) is 1.37. The molecule has 0 aliphatic carbocycles. The van der Waals surface area contributed by atoms with E-state index in [1.165, 1.54) is 4.80 Å². The lowest BCUT2D eigenvalue weighted by Gasteiger charge is -1.98. The molecule has 1 amide bonds. The number of hydrazine groups is 1. The molecule has 2 rings (SSSR count). The van der Waals surface area contributed by atoms with Crippen molar-refractivity contribution in [3.63, 3.8) is 0 Å². The lowest BCUT2D eigenvalue weighted by Crippen LogP contribution is -2.30. The summed E-state index contributed by atoms with van der Waals surface area (Å²) in [4.78, 5) is 12.7. The van der Waals surface area contributed by atoms with Crippen LogP contribution in [0.25, 0.3) is 5.69 Å². The third kappa shape index (κ3) is 2.27. The summed E-state index contributed by atoms with van der Waals surface area (Å²) >= 11 is 5.86. The molecule has 6 nitrogen and oxygen atoms in total. The number of carbonyl (C=O) groups excluding carboxylic acids is 1. The van der Waals surface area contributed by atoms with Crippen molar-refractivity contribution in [1.82, 2.24) is 20.4 Å². The van der Waals surface area contributed by atoms with Gasteiger partial charge < -0.3 is 0 Å². The summed E-state index contributed by atoms with van der Waals surface area (Å²) in [5, 5.41) is 8.74. The first-order valence-corrected chi connectivity index (χ1v) is 5.20. The number of nitrogens with two attached hydrogens (primary N) is 1. The molecule has 0 fully saturated rings. The summed E-state index contributed by atoms with van der Waals surface area (Å²) < 4.78 is 0. The van der Waals surface area contributed by atoms with Crippen LogP contribution in [0.2, 0.25) is 5.02 Å². The number of rotatable bonds is 2. The second-order valence-electron chi connectivity index (χ2n) is 3.38. The molecule has 0 aliphatic heterocycles.